The van der Waals surface area contributed by atoms with Gasteiger partial charge in [0.25, 0.3) is 11.6 Å². The summed E-state index contributed by atoms with van der Waals surface area (Å²) in [7, 11) is 0. The number of carbonyl (C=O) groups excluding carboxylic acids is 1. The molecule has 7 heavy (non-hydrogen) atoms. The van der Waals surface area contributed by atoms with Crippen LogP contribution in [0.5, 0.6) is 0 Å². The average molecular weight is 120 g/mol. The number of rotatable bonds is 1. The smallest absolute Gasteiger partial charge is 0.300 e. The molecular weight excluding hydrogens is 116 g/mol. The van der Waals surface area contributed by atoms with Gasteiger partial charge in [0.2, 0.25) is 0 Å². The fourth-order valence-electron chi connectivity index (χ4n) is 0.0777. The van der Waals surface area contributed by atoms with Crippen LogP contribution in [0.25, 0.3) is 0 Å². The van der Waals surface area contributed by atoms with Crippen molar-refractivity contribution in [3.63, 3.8) is 0 Å². The maximum absolute atomic E-state index is 9.37. The molecule has 0 heterocycles. The second-order valence-electron chi connectivity index (χ2n) is 0.646. The van der Waals surface area contributed by atoms with Crippen LogP contribution < -0.4 is 11.3 Å². The molecule has 0 saturated carbocycles. The van der Waals surface area contributed by atoms with Crippen molar-refractivity contribution < 1.29 is 9.53 Å². The van der Waals surface area contributed by atoms with Crippen molar-refractivity contribution in [3.8, 4) is 0 Å². The van der Waals surface area contributed by atoms with Crippen molar-refractivity contribution in [3.05, 3.63) is 0 Å². The molecule has 0 unspecified atom stereocenters. The third kappa shape index (κ3) is 3.14. The maximum atomic E-state index is 9.37. The summed E-state index contributed by atoms with van der Waals surface area (Å²) in [5, 5.41) is -0.130. The molecule has 0 amide bonds. The van der Waals surface area contributed by atoms with Gasteiger partial charge in [0.15, 0.2) is 0 Å². The minimum Gasteiger partial charge on any atom is -0.400 e. The topological polar surface area (TPSA) is 64.3 Å². The van der Waals surface area contributed by atoms with Crippen molar-refractivity contribution in [2.45, 2.75) is 0 Å². The fraction of sp³-hybridized carbons (Fsp3) is 0. The Balaban J connectivity index is 3.17. The average Bonchev–Trinajstić information content (AvgIpc) is 1.68. The summed E-state index contributed by atoms with van der Waals surface area (Å²) in [6.07, 6.45) is 0. The molecular formula is C2H4N2O2S. The zero-order valence-electron chi connectivity index (χ0n) is 3.38. The molecule has 0 aromatic heterocycles. The van der Waals surface area contributed by atoms with E-state index in [4.69, 9.17) is 0 Å². The van der Waals surface area contributed by atoms with Crippen LogP contribution in [0.2, 0.25) is 0 Å². The third-order valence-electron chi connectivity index (χ3n) is 0.273. The molecule has 0 aliphatic carbocycles. The Hall–Kier alpha value is -0.680. The lowest BCUT2D eigenvalue weighted by molar-refractivity contribution is -0.121. The number of nitrogens with two attached hydrogens (primary N) is 1. The number of ether oxygens (including phenoxy) is 1. The standard InChI is InChI=1S/C2H4N2O2S/c3-4-2(7)6-1-5/h1H,3H2,(H,4,7). The van der Waals surface area contributed by atoms with Crippen molar-refractivity contribution in [1.29, 1.82) is 0 Å². The highest BCUT2D eigenvalue weighted by atomic mass is 32.1. The number of nitrogens with one attached hydrogen (secondary N) is 1. The van der Waals surface area contributed by atoms with Gasteiger partial charge in [-0.3, -0.25) is 10.2 Å². The first-order valence-corrected chi connectivity index (χ1v) is 1.83. The molecule has 0 aliphatic heterocycles. The van der Waals surface area contributed by atoms with E-state index in [1.807, 2.05) is 5.43 Å². The van der Waals surface area contributed by atoms with Gasteiger partial charge in [-0.25, -0.2) is 5.84 Å². The monoisotopic (exact) mass is 120 g/mol. The lowest BCUT2D eigenvalue weighted by Crippen LogP contribution is -2.29. The van der Waals surface area contributed by atoms with Crippen LogP contribution in [0.1, 0.15) is 0 Å². The highest BCUT2D eigenvalue weighted by Crippen LogP contribution is 1.64. The van der Waals surface area contributed by atoms with E-state index < -0.39 is 0 Å². The van der Waals surface area contributed by atoms with Gasteiger partial charge >= 0.3 is 0 Å². The van der Waals surface area contributed by atoms with Crippen LogP contribution in [-0.4, -0.2) is 11.6 Å². The summed E-state index contributed by atoms with van der Waals surface area (Å²) in [5.41, 5.74) is 1.94. The van der Waals surface area contributed by atoms with Crippen LogP contribution in [0, 0.1) is 0 Å². The molecule has 40 valence electrons. The van der Waals surface area contributed by atoms with E-state index in [-0.39, 0.29) is 11.6 Å². The highest BCUT2D eigenvalue weighted by molar-refractivity contribution is 7.80. The van der Waals surface area contributed by atoms with Crippen molar-refractivity contribution in [1.82, 2.24) is 5.43 Å². The zero-order valence-corrected chi connectivity index (χ0v) is 4.20. The van der Waals surface area contributed by atoms with Gasteiger partial charge in [-0.15, -0.1) is 0 Å². The number of hydrogen-bond donors (Lipinski definition) is 2. The quantitative estimate of drug-likeness (QED) is 0.199. The zero-order chi connectivity index (χ0) is 5.70. The fourth-order valence-corrected chi connectivity index (χ4v) is 0.117. The van der Waals surface area contributed by atoms with E-state index in [1.165, 1.54) is 0 Å². The molecule has 0 atom stereocenters. The number of hydrazine groups is 1. The Labute approximate surface area is 45.6 Å². The first-order chi connectivity index (χ1) is 3.31. The Morgan fingerprint density at radius 3 is 2.71 bits per heavy atom. The van der Waals surface area contributed by atoms with Gasteiger partial charge in [0.1, 0.15) is 0 Å². The van der Waals surface area contributed by atoms with Crippen LogP contribution >= 0.6 is 12.2 Å². The van der Waals surface area contributed by atoms with E-state index in [0.29, 0.717) is 0 Å². The largest absolute Gasteiger partial charge is 0.400 e. The van der Waals surface area contributed by atoms with Crippen molar-refractivity contribution >= 4 is 23.9 Å². The second-order valence-corrected chi connectivity index (χ2v) is 1.02. The number of thiocarbonyl (C=S) groups is 1. The summed E-state index contributed by atoms with van der Waals surface area (Å²) in [6.45, 7) is 0.197. The van der Waals surface area contributed by atoms with Gasteiger partial charge < -0.3 is 4.74 Å². The predicted molar refractivity (Wildman–Crippen MR) is 27.1 cm³/mol. The third-order valence-corrected chi connectivity index (χ3v) is 0.487. The summed E-state index contributed by atoms with van der Waals surface area (Å²) in [4.78, 5) is 9.37. The molecule has 4 nitrogen and oxygen atoms in total. The molecule has 0 fully saturated rings. The van der Waals surface area contributed by atoms with Gasteiger partial charge in [-0.2, -0.15) is 0 Å². The van der Waals surface area contributed by atoms with E-state index >= 15 is 0 Å². The molecule has 0 radical (unpaired) electrons. The molecule has 0 saturated heterocycles. The Kier molecular flexibility index (Phi) is 3.17. The van der Waals surface area contributed by atoms with Crippen molar-refractivity contribution in [2.75, 3.05) is 0 Å². The van der Waals surface area contributed by atoms with E-state index in [1.54, 1.807) is 0 Å². The molecule has 0 rings (SSSR count). The highest BCUT2D eigenvalue weighted by Gasteiger charge is 1.84. The summed E-state index contributed by atoms with van der Waals surface area (Å²) in [6, 6.07) is 0. The lowest BCUT2D eigenvalue weighted by atomic mass is 11.3. The Morgan fingerprint density at radius 2 is 2.57 bits per heavy atom. The number of hydrogen-bond acceptors (Lipinski definition) is 4. The van der Waals surface area contributed by atoms with Gasteiger partial charge in [-0.05, 0) is 12.2 Å². The molecule has 5 heteroatoms. The lowest BCUT2D eigenvalue weighted by Gasteiger charge is -1.93. The molecule has 0 aliphatic rings. The summed E-state index contributed by atoms with van der Waals surface area (Å²) >= 11 is 4.26. The molecule has 0 bridgehead atoms. The van der Waals surface area contributed by atoms with E-state index in [2.05, 4.69) is 22.8 Å². The van der Waals surface area contributed by atoms with Crippen LogP contribution in [0.3, 0.4) is 0 Å². The Morgan fingerprint density at radius 1 is 2.00 bits per heavy atom. The minimum absolute atomic E-state index is 0.130. The maximum Gasteiger partial charge on any atom is 0.300 e. The van der Waals surface area contributed by atoms with Crippen LogP contribution in [-0.2, 0) is 9.53 Å². The first-order valence-electron chi connectivity index (χ1n) is 1.42. The van der Waals surface area contributed by atoms with Crippen molar-refractivity contribution in [2.24, 2.45) is 5.84 Å². The predicted octanol–water partition coefficient (Wildman–Crippen LogP) is -1.09. The molecule has 0 spiro atoms. The van der Waals surface area contributed by atoms with Crippen LogP contribution in [0.4, 0.5) is 0 Å². The van der Waals surface area contributed by atoms with Gasteiger partial charge in [0, 0.05) is 0 Å². The summed E-state index contributed by atoms with van der Waals surface area (Å²) < 4.78 is 4.01. The molecule has 0 aromatic carbocycles. The Bertz CT molecular complexity index is 83.8. The van der Waals surface area contributed by atoms with E-state index in [9.17, 15) is 4.79 Å². The number of carbonyl (C=O) groups is 1. The van der Waals surface area contributed by atoms with Crippen LogP contribution in [0.15, 0.2) is 0 Å². The molecule has 3 N–H and O–H groups in total. The minimum atomic E-state index is -0.130. The normalized spacial score (nSPS) is 7.00. The van der Waals surface area contributed by atoms with E-state index in [0.717, 1.165) is 0 Å². The molecule has 0 aromatic rings. The summed E-state index contributed by atoms with van der Waals surface area (Å²) in [5.74, 6) is 4.68. The second kappa shape index (κ2) is 3.51. The van der Waals surface area contributed by atoms with Gasteiger partial charge in [-0.1, -0.05) is 0 Å². The SMILES string of the molecule is NNC(=S)OC=O. The van der Waals surface area contributed by atoms with Gasteiger partial charge in [0.05, 0.1) is 0 Å². The first kappa shape index (κ1) is 6.32.